The van der Waals surface area contributed by atoms with Crippen molar-refractivity contribution in [2.24, 2.45) is 0 Å². The Balaban J connectivity index is 1.57. The molecule has 3 aromatic carbocycles. The number of amides is 3. The molecule has 0 aliphatic carbocycles. The van der Waals surface area contributed by atoms with Gasteiger partial charge in [0, 0.05) is 0 Å². The van der Waals surface area contributed by atoms with Crippen molar-refractivity contribution in [2.45, 2.75) is 6.61 Å². The third-order valence-corrected chi connectivity index (χ3v) is 5.29. The Hall–Kier alpha value is -4.30. The van der Waals surface area contributed by atoms with Gasteiger partial charge < -0.3 is 19.9 Å². The number of nitrogens with zero attached hydrogens (tertiary/aromatic N) is 1. The minimum atomic E-state index is -1.03. The fraction of sp³-hybridized carbons (Fsp3) is 0.0800. The summed E-state index contributed by atoms with van der Waals surface area (Å²) in [5.74, 6) is -0.954. The number of methoxy groups -OCH3 is 1. The van der Waals surface area contributed by atoms with Crippen LogP contribution in [-0.4, -0.2) is 30.1 Å². The third-order valence-electron chi connectivity index (χ3n) is 5.01. The van der Waals surface area contributed by atoms with Gasteiger partial charge in [-0.05, 0) is 53.6 Å². The molecule has 0 unspecified atom stereocenters. The van der Waals surface area contributed by atoms with Crippen molar-refractivity contribution in [2.75, 3.05) is 12.0 Å². The number of carboxylic acid groups (broad SMARTS) is 1. The largest absolute Gasteiger partial charge is 0.493 e. The molecule has 0 saturated carbocycles. The summed E-state index contributed by atoms with van der Waals surface area (Å²) in [6.45, 7) is 0.0677. The van der Waals surface area contributed by atoms with Crippen LogP contribution in [-0.2, 0) is 11.4 Å². The smallest absolute Gasteiger partial charge is 0.335 e. The molecule has 0 spiro atoms. The minimum absolute atomic E-state index is 0.0677. The molecular formula is C25H19ClN2O6. The van der Waals surface area contributed by atoms with Crippen LogP contribution in [0, 0.1) is 0 Å². The number of urea groups is 1. The zero-order valence-electron chi connectivity index (χ0n) is 17.9. The number of hydrogen-bond donors (Lipinski definition) is 2. The number of para-hydroxylation sites is 1. The monoisotopic (exact) mass is 478 g/mol. The van der Waals surface area contributed by atoms with Crippen LogP contribution >= 0.6 is 11.6 Å². The second-order valence-electron chi connectivity index (χ2n) is 7.29. The van der Waals surface area contributed by atoms with E-state index in [1.54, 1.807) is 54.6 Å². The predicted octanol–water partition coefficient (Wildman–Crippen LogP) is 4.72. The number of imide groups is 1. The van der Waals surface area contributed by atoms with Crippen molar-refractivity contribution in [3.8, 4) is 11.5 Å². The second-order valence-corrected chi connectivity index (χ2v) is 7.70. The molecule has 172 valence electrons. The summed E-state index contributed by atoms with van der Waals surface area (Å²) in [7, 11) is 1.44. The van der Waals surface area contributed by atoms with Gasteiger partial charge in [0.25, 0.3) is 5.91 Å². The number of hydrogen-bond acceptors (Lipinski definition) is 5. The molecule has 0 aromatic heterocycles. The van der Waals surface area contributed by atoms with E-state index >= 15 is 0 Å². The van der Waals surface area contributed by atoms with Gasteiger partial charge >= 0.3 is 12.0 Å². The van der Waals surface area contributed by atoms with Gasteiger partial charge in [0.15, 0.2) is 11.5 Å². The van der Waals surface area contributed by atoms with E-state index in [0.29, 0.717) is 22.6 Å². The number of anilines is 1. The van der Waals surface area contributed by atoms with Crippen LogP contribution in [0.1, 0.15) is 21.5 Å². The van der Waals surface area contributed by atoms with Gasteiger partial charge in [-0.2, -0.15) is 0 Å². The Labute approximate surface area is 200 Å². The fourth-order valence-electron chi connectivity index (χ4n) is 3.43. The number of rotatable bonds is 7. The van der Waals surface area contributed by atoms with Gasteiger partial charge in [-0.3, -0.25) is 4.79 Å². The average Bonchev–Trinajstić information content (AvgIpc) is 3.11. The molecule has 0 bridgehead atoms. The number of carboxylic acids is 1. The Morgan fingerprint density at radius 3 is 2.56 bits per heavy atom. The highest BCUT2D eigenvalue weighted by atomic mass is 35.5. The SMILES string of the molecule is COc1cc(/C=C2/NC(=O)N(c3ccccc3)C2=O)cc(Cl)c1OCc1cccc(C(=O)O)c1. The molecule has 34 heavy (non-hydrogen) atoms. The van der Waals surface area contributed by atoms with Gasteiger partial charge in [-0.1, -0.05) is 41.9 Å². The molecule has 0 atom stereocenters. The van der Waals surface area contributed by atoms with E-state index in [4.69, 9.17) is 26.2 Å². The second kappa shape index (κ2) is 9.68. The van der Waals surface area contributed by atoms with E-state index in [0.717, 1.165) is 4.90 Å². The zero-order valence-corrected chi connectivity index (χ0v) is 18.7. The van der Waals surface area contributed by atoms with E-state index in [9.17, 15) is 14.4 Å². The van der Waals surface area contributed by atoms with Gasteiger partial charge in [-0.15, -0.1) is 0 Å². The molecule has 2 N–H and O–H groups in total. The summed E-state index contributed by atoms with van der Waals surface area (Å²) in [6, 6.07) is 17.6. The number of nitrogens with one attached hydrogen (secondary N) is 1. The maximum atomic E-state index is 12.8. The molecular weight excluding hydrogens is 460 g/mol. The lowest BCUT2D eigenvalue weighted by molar-refractivity contribution is -0.113. The lowest BCUT2D eigenvalue weighted by Gasteiger charge is -2.14. The van der Waals surface area contributed by atoms with Crippen molar-refractivity contribution in [1.29, 1.82) is 0 Å². The van der Waals surface area contributed by atoms with Crippen molar-refractivity contribution >= 4 is 41.3 Å². The highest BCUT2D eigenvalue weighted by Gasteiger charge is 2.34. The van der Waals surface area contributed by atoms with Gasteiger partial charge in [0.05, 0.1) is 23.4 Å². The molecule has 3 aromatic rings. The molecule has 1 heterocycles. The molecule has 1 saturated heterocycles. The summed E-state index contributed by atoms with van der Waals surface area (Å²) in [5, 5.41) is 11.9. The first-order valence-corrected chi connectivity index (χ1v) is 10.5. The van der Waals surface area contributed by atoms with Crippen LogP contribution < -0.4 is 19.7 Å². The summed E-state index contributed by atoms with van der Waals surface area (Å²) in [4.78, 5) is 37.4. The molecule has 8 nitrogen and oxygen atoms in total. The van der Waals surface area contributed by atoms with E-state index in [2.05, 4.69) is 5.32 Å². The molecule has 1 aliphatic heterocycles. The predicted molar refractivity (Wildman–Crippen MR) is 126 cm³/mol. The number of carbonyl (C=O) groups is 3. The van der Waals surface area contributed by atoms with Crippen LogP contribution in [0.15, 0.2) is 72.4 Å². The van der Waals surface area contributed by atoms with Crippen LogP contribution in [0.2, 0.25) is 5.02 Å². The zero-order chi connectivity index (χ0) is 24.2. The Morgan fingerprint density at radius 2 is 1.85 bits per heavy atom. The normalized spacial score (nSPS) is 14.3. The first-order valence-electron chi connectivity index (χ1n) is 10.1. The Kier molecular flexibility index (Phi) is 6.51. The van der Waals surface area contributed by atoms with E-state index in [1.807, 2.05) is 0 Å². The molecule has 0 radical (unpaired) electrons. The highest BCUT2D eigenvalue weighted by molar-refractivity contribution is 6.32. The number of aromatic carboxylic acids is 1. The van der Waals surface area contributed by atoms with E-state index in [1.165, 1.54) is 25.3 Å². The average molecular weight is 479 g/mol. The number of ether oxygens (including phenoxy) is 2. The maximum absolute atomic E-state index is 12.8. The molecule has 1 fully saturated rings. The first-order chi connectivity index (χ1) is 16.4. The summed E-state index contributed by atoms with van der Waals surface area (Å²) >= 11 is 6.43. The van der Waals surface area contributed by atoms with Gasteiger partial charge in [0.1, 0.15) is 12.3 Å². The first kappa shape index (κ1) is 22.9. The number of halogens is 1. The third kappa shape index (κ3) is 4.72. The Morgan fingerprint density at radius 1 is 1.09 bits per heavy atom. The molecule has 3 amide bonds. The standard InChI is InChI=1S/C25H19ClN2O6/c1-33-21-13-16(12-20-23(29)28(25(32)27-20)18-8-3-2-4-9-18)11-19(26)22(21)34-14-15-6-5-7-17(10-15)24(30)31/h2-13H,14H2,1H3,(H,27,32)(H,30,31)/b20-12+. The molecule has 9 heteroatoms. The molecule has 4 rings (SSSR count). The summed E-state index contributed by atoms with van der Waals surface area (Å²) < 4.78 is 11.2. The van der Waals surface area contributed by atoms with Crippen LogP contribution in [0.3, 0.4) is 0 Å². The van der Waals surface area contributed by atoms with Crippen molar-refractivity contribution < 1.29 is 29.0 Å². The van der Waals surface area contributed by atoms with E-state index < -0.39 is 17.9 Å². The van der Waals surface area contributed by atoms with Gasteiger partial charge in [0.2, 0.25) is 0 Å². The van der Waals surface area contributed by atoms with Crippen LogP contribution in [0.25, 0.3) is 6.08 Å². The van der Waals surface area contributed by atoms with Crippen LogP contribution in [0.4, 0.5) is 10.5 Å². The van der Waals surface area contributed by atoms with Crippen molar-refractivity contribution in [3.63, 3.8) is 0 Å². The number of carbonyl (C=O) groups excluding carboxylic acids is 2. The van der Waals surface area contributed by atoms with E-state index in [-0.39, 0.29) is 28.6 Å². The van der Waals surface area contributed by atoms with Crippen molar-refractivity contribution in [3.05, 3.63) is 94.1 Å². The lowest BCUT2D eigenvalue weighted by atomic mass is 10.1. The summed E-state index contributed by atoms with van der Waals surface area (Å²) in [6.07, 6.45) is 1.50. The quantitative estimate of drug-likeness (QED) is 0.376. The number of benzene rings is 3. The Bertz CT molecular complexity index is 1310. The van der Waals surface area contributed by atoms with Crippen LogP contribution in [0.5, 0.6) is 11.5 Å². The highest BCUT2D eigenvalue weighted by Crippen LogP contribution is 2.38. The molecule has 1 aliphatic rings. The fourth-order valence-corrected chi connectivity index (χ4v) is 3.70. The van der Waals surface area contributed by atoms with Gasteiger partial charge in [-0.25, -0.2) is 14.5 Å². The topological polar surface area (TPSA) is 105 Å². The maximum Gasteiger partial charge on any atom is 0.335 e. The lowest BCUT2D eigenvalue weighted by Crippen LogP contribution is -2.30. The minimum Gasteiger partial charge on any atom is -0.493 e. The summed E-state index contributed by atoms with van der Waals surface area (Å²) in [5.41, 5.74) is 1.85. The van der Waals surface area contributed by atoms with Crippen molar-refractivity contribution in [1.82, 2.24) is 5.32 Å².